The number of carboxylic acids is 1. The number of benzene rings is 1. The lowest BCUT2D eigenvalue weighted by molar-refractivity contribution is -0.159. The fourth-order valence-corrected chi connectivity index (χ4v) is 2.78. The number of carbonyl (C=O) groups excluding carboxylic acids is 1. The molecule has 1 aromatic carbocycles. The molecule has 2 N–H and O–H groups in total. The average Bonchev–Trinajstić information content (AvgIpc) is 3.24. The van der Waals surface area contributed by atoms with Crippen LogP contribution in [0.4, 0.5) is 0 Å². The lowest BCUT2D eigenvalue weighted by Crippen LogP contribution is -2.33. The van der Waals surface area contributed by atoms with Crippen LogP contribution in [0.25, 0.3) is 11.3 Å². The van der Waals surface area contributed by atoms with Crippen LogP contribution in [-0.2, 0) is 14.3 Å². The summed E-state index contributed by atoms with van der Waals surface area (Å²) >= 11 is 5.86. The molecule has 8 nitrogen and oxygen atoms in total. The molecule has 0 unspecified atom stereocenters. The van der Waals surface area contributed by atoms with E-state index in [0.29, 0.717) is 30.3 Å². The minimum absolute atomic E-state index is 0.0158. The molecule has 1 saturated heterocycles. The van der Waals surface area contributed by atoms with Crippen molar-refractivity contribution in [2.45, 2.75) is 19.1 Å². The number of hydrogen-bond donors (Lipinski definition) is 2. The second-order valence-corrected chi connectivity index (χ2v) is 6.41. The molecule has 2 aromatic rings. The number of carboxylic acid groups (broad SMARTS) is 1. The summed E-state index contributed by atoms with van der Waals surface area (Å²) in [6.45, 7) is 2.60. The Bertz CT molecular complexity index is 886. The zero-order valence-electron chi connectivity index (χ0n) is 14.4. The van der Waals surface area contributed by atoms with Gasteiger partial charge in [0.2, 0.25) is 5.91 Å². The molecule has 27 heavy (non-hydrogen) atoms. The molecule has 9 heteroatoms. The van der Waals surface area contributed by atoms with Gasteiger partial charge in [-0.3, -0.25) is 4.79 Å². The molecule has 1 aromatic heterocycles. The predicted molar refractivity (Wildman–Crippen MR) is 96.8 cm³/mol. The molecule has 0 spiro atoms. The molecule has 1 aliphatic heterocycles. The zero-order valence-corrected chi connectivity index (χ0v) is 15.2. The van der Waals surface area contributed by atoms with Gasteiger partial charge in [-0.2, -0.15) is 5.10 Å². The van der Waals surface area contributed by atoms with Crippen LogP contribution in [0, 0.1) is 0 Å². The fraction of sp³-hybridized carbons (Fsp3) is 0.278. The van der Waals surface area contributed by atoms with E-state index in [1.807, 2.05) is 0 Å². The summed E-state index contributed by atoms with van der Waals surface area (Å²) in [5, 5.41) is 13.1. The summed E-state index contributed by atoms with van der Waals surface area (Å²) in [6.07, 6.45) is 1.37. The van der Waals surface area contributed by atoms with Gasteiger partial charge in [-0.15, -0.1) is 0 Å². The number of halogens is 1. The molecule has 0 saturated carbocycles. The van der Waals surface area contributed by atoms with Gasteiger partial charge in [0.1, 0.15) is 11.5 Å². The Labute approximate surface area is 159 Å². The number of furan rings is 1. The number of nitrogens with one attached hydrogen (secondary N) is 1. The van der Waals surface area contributed by atoms with Gasteiger partial charge in [-0.1, -0.05) is 11.6 Å². The van der Waals surface area contributed by atoms with Crippen LogP contribution in [-0.4, -0.2) is 42.2 Å². The number of hydrazone groups is 1. The van der Waals surface area contributed by atoms with Crippen LogP contribution in [0.5, 0.6) is 0 Å². The zero-order chi connectivity index (χ0) is 19.4. The van der Waals surface area contributed by atoms with E-state index in [9.17, 15) is 9.59 Å². The number of ether oxygens (including phenoxy) is 2. The van der Waals surface area contributed by atoms with E-state index < -0.39 is 11.8 Å². The first-order chi connectivity index (χ1) is 12.9. The van der Waals surface area contributed by atoms with E-state index in [1.54, 1.807) is 25.1 Å². The first kappa shape index (κ1) is 19.1. The van der Waals surface area contributed by atoms with Gasteiger partial charge >= 0.3 is 5.97 Å². The summed E-state index contributed by atoms with van der Waals surface area (Å²) in [4.78, 5) is 23.0. The Balaban J connectivity index is 1.62. The van der Waals surface area contributed by atoms with Crippen molar-refractivity contribution in [1.29, 1.82) is 0 Å². The van der Waals surface area contributed by atoms with Crippen molar-refractivity contribution in [3.8, 4) is 11.3 Å². The summed E-state index contributed by atoms with van der Waals surface area (Å²) in [6, 6.07) is 7.88. The highest BCUT2D eigenvalue weighted by atomic mass is 35.5. The molecule has 0 radical (unpaired) electrons. The summed E-state index contributed by atoms with van der Waals surface area (Å²) in [7, 11) is 0. The molecule has 142 valence electrons. The van der Waals surface area contributed by atoms with Gasteiger partial charge in [0.15, 0.2) is 5.79 Å². The summed E-state index contributed by atoms with van der Waals surface area (Å²) in [5.41, 5.74) is 2.92. The molecule has 1 amide bonds. The highest BCUT2D eigenvalue weighted by molar-refractivity contribution is 6.33. The smallest absolute Gasteiger partial charge is 0.337 e. The third-order valence-electron chi connectivity index (χ3n) is 3.87. The standard InChI is InChI=1S/C18H17ClN2O6/c1-18(25-6-7-26-18)9-16(22)21-20-10-12-3-5-15(27-12)11-2-4-14(19)13(8-11)17(23)24/h2-5,8,10H,6-7,9H2,1H3,(H,21,22)(H,23,24). The molecule has 1 fully saturated rings. The maximum atomic E-state index is 11.9. The van der Waals surface area contributed by atoms with E-state index in [4.69, 9.17) is 30.6 Å². The number of nitrogens with zero attached hydrogens (tertiary/aromatic N) is 1. The molecule has 0 aliphatic carbocycles. The monoisotopic (exact) mass is 392 g/mol. The Morgan fingerprint density at radius 3 is 2.74 bits per heavy atom. The summed E-state index contributed by atoms with van der Waals surface area (Å²) < 4.78 is 16.3. The van der Waals surface area contributed by atoms with Crippen molar-refractivity contribution < 1.29 is 28.6 Å². The van der Waals surface area contributed by atoms with Crippen molar-refractivity contribution >= 4 is 29.7 Å². The van der Waals surface area contributed by atoms with Crippen molar-refractivity contribution in [2.24, 2.45) is 5.10 Å². The lowest BCUT2D eigenvalue weighted by atomic mass is 10.1. The number of carbonyl (C=O) groups is 2. The van der Waals surface area contributed by atoms with Crippen molar-refractivity contribution in [2.75, 3.05) is 13.2 Å². The Kier molecular flexibility index (Phi) is 5.59. The Morgan fingerprint density at radius 2 is 2.04 bits per heavy atom. The molecule has 0 bridgehead atoms. The second-order valence-electron chi connectivity index (χ2n) is 6.00. The highest BCUT2D eigenvalue weighted by Crippen LogP contribution is 2.26. The number of amides is 1. The Hall–Kier alpha value is -2.68. The third kappa shape index (κ3) is 4.73. The summed E-state index contributed by atoms with van der Waals surface area (Å²) in [5.74, 6) is -1.57. The van der Waals surface area contributed by atoms with E-state index >= 15 is 0 Å². The number of rotatable bonds is 6. The van der Waals surface area contributed by atoms with Crippen molar-refractivity contribution in [3.05, 3.63) is 46.7 Å². The maximum Gasteiger partial charge on any atom is 0.337 e. The number of aromatic carboxylic acids is 1. The number of hydrogen-bond acceptors (Lipinski definition) is 6. The van der Waals surface area contributed by atoms with Crippen molar-refractivity contribution in [1.82, 2.24) is 5.43 Å². The van der Waals surface area contributed by atoms with E-state index in [-0.39, 0.29) is 22.9 Å². The molecular formula is C18H17ClN2O6. The van der Waals surface area contributed by atoms with Crippen LogP contribution in [0.1, 0.15) is 29.5 Å². The van der Waals surface area contributed by atoms with Crippen LogP contribution in [0.3, 0.4) is 0 Å². The van der Waals surface area contributed by atoms with E-state index in [1.165, 1.54) is 18.3 Å². The molecule has 2 heterocycles. The fourth-order valence-electron chi connectivity index (χ4n) is 2.58. The lowest BCUT2D eigenvalue weighted by Gasteiger charge is -2.20. The van der Waals surface area contributed by atoms with Gasteiger partial charge in [-0.25, -0.2) is 10.2 Å². The quantitative estimate of drug-likeness (QED) is 0.577. The molecule has 0 atom stereocenters. The van der Waals surface area contributed by atoms with Gasteiger partial charge in [0.25, 0.3) is 0 Å². The molecule has 1 aliphatic rings. The minimum Gasteiger partial charge on any atom is -0.478 e. The van der Waals surface area contributed by atoms with Crippen LogP contribution in [0.2, 0.25) is 5.02 Å². The van der Waals surface area contributed by atoms with E-state index in [2.05, 4.69) is 10.5 Å². The normalized spacial score (nSPS) is 15.9. The minimum atomic E-state index is -1.12. The SMILES string of the molecule is CC1(CC(=O)NN=Cc2ccc(-c3ccc(Cl)c(C(=O)O)c3)o2)OCCO1. The van der Waals surface area contributed by atoms with Crippen LogP contribution in [0.15, 0.2) is 39.9 Å². The predicted octanol–water partition coefficient (Wildman–Crippen LogP) is 2.90. The largest absolute Gasteiger partial charge is 0.478 e. The second kappa shape index (κ2) is 7.91. The molecule has 3 rings (SSSR count). The maximum absolute atomic E-state index is 11.9. The Morgan fingerprint density at radius 1 is 1.30 bits per heavy atom. The van der Waals surface area contributed by atoms with Crippen LogP contribution < -0.4 is 5.43 Å². The van der Waals surface area contributed by atoms with Gasteiger partial charge < -0.3 is 19.0 Å². The van der Waals surface area contributed by atoms with Gasteiger partial charge in [0, 0.05) is 5.56 Å². The average molecular weight is 393 g/mol. The first-order valence-corrected chi connectivity index (χ1v) is 8.47. The van der Waals surface area contributed by atoms with Gasteiger partial charge in [0.05, 0.1) is 36.4 Å². The first-order valence-electron chi connectivity index (χ1n) is 8.09. The third-order valence-corrected chi connectivity index (χ3v) is 4.20. The topological polar surface area (TPSA) is 110 Å². The van der Waals surface area contributed by atoms with Crippen LogP contribution >= 0.6 is 11.6 Å². The van der Waals surface area contributed by atoms with Crippen molar-refractivity contribution in [3.63, 3.8) is 0 Å². The van der Waals surface area contributed by atoms with E-state index in [0.717, 1.165) is 0 Å². The van der Waals surface area contributed by atoms with Gasteiger partial charge in [-0.05, 0) is 37.3 Å². The highest BCUT2D eigenvalue weighted by Gasteiger charge is 2.33. The molecular weight excluding hydrogens is 376 g/mol.